The van der Waals surface area contributed by atoms with Gasteiger partial charge in [0.2, 0.25) is 0 Å². The molecule has 0 aliphatic heterocycles. The van der Waals surface area contributed by atoms with Gasteiger partial charge < -0.3 is 15.0 Å². The number of likely N-dealkylation sites (N-methyl/N-ethyl adjacent to an activating group) is 1. The summed E-state index contributed by atoms with van der Waals surface area (Å²) in [7, 11) is 0. The molecule has 31 heavy (non-hydrogen) atoms. The minimum Gasteiger partial charge on any atom is -0.461 e. The summed E-state index contributed by atoms with van der Waals surface area (Å²) in [5, 5.41) is 3.21. The van der Waals surface area contributed by atoms with Gasteiger partial charge in [0.15, 0.2) is 5.82 Å². The maximum atomic E-state index is 12.3. The monoisotopic (exact) mass is 463 g/mol. The number of hydrogen-bond acceptors (Lipinski definition) is 7. The van der Waals surface area contributed by atoms with Crippen LogP contribution in [-0.4, -0.2) is 52.1 Å². The molecule has 3 rings (SSSR count). The van der Waals surface area contributed by atoms with E-state index in [1.54, 1.807) is 36.8 Å². The molecule has 0 aliphatic rings. The summed E-state index contributed by atoms with van der Waals surface area (Å²) in [5.74, 6) is 0.875. The molecular formula is C22H27Cl2N5O2. The maximum absolute atomic E-state index is 12.3. The molecule has 1 N–H and O–H groups in total. The van der Waals surface area contributed by atoms with Gasteiger partial charge in [-0.05, 0) is 49.5 Å². The van der Waals surface area contributed by atoms with Crippen molar-refractivity contribution in [2.75, 3.05) is 31.6 Å². The molecule has 0 fully saturated rings. The molecule has 0 spiro atoms. The van der Waals surface area contributed by atoms with Crippen molar-refractivity contribution < 1.29 is 9.53 Å². The summed E-state index contributed by atoms with van der Waals surface area (Å²) in [5.41, 5.74) is 2.08. The second kappa shape index (κ2) is 13.5. The third-order valence-electron chi connectivity index (χ3n) is 4.48. The van der Waals surface area contributed by atoms with Crippen LogP contribution in [0.2, 0.25) is 0 Å². The summed E-state index contributed by atoms with van der Waals surface area (Å²) < 4.78 is 5.40. The molecular weight excluding hydrogens is 437 g/mol. The highest BCUT2D eigenvalue weighted by Gasteiger charge is 2.10. The van der Waals surface area contributed by atoms with Crippen molar-refractivity contribution in [2.24, 2.45) is 0 Å². The number of aromatic nitrogens is 3. The summed E-state index contributed by atoms with van der Waals surface area (Å²) in [6, 6.07) is 12.7. The van der Waals surface area contributed by atoms with Crippen LogP contribution >= 0.6 is 24.8 Å². The summed E-state index contributed by atoms with van der Waals surface area (Å²) in [6.07, 6.45) is 5.11. The average Bonchev–Trinajstić information content (AvgIpc) is 2.77. The van der Waals surface area contributed by atoms with Crippen molar-refractivity contribution in [2.45, 2.75) is 13.8 Å². The van der Waals surface area contributed by atoms with E-state index in [-0.39, 0.29) is 30.8 Å². The van der Waals surface area contributed by atoms with Gasteiger partial charge >= 0.3 is 5.97 Å². The van der Waals surface area contributed by atoms with Crippen LogP contribution in [0.4, 0.5) is 11.5 Å². The second-order valence-corrected chi connectivity index (χ2v) is 6.38. The lowest BCUT2D eigenvalue weighted by molar-refractivity contribution is 0.0466. The van der Waals surface area contributed by atoms with Crippen molar-refractivity contribution in [1.82, 2.24) is 19.9 Å². The predicted octanol–water partition coefficient (Wildman–Crippen LogP) is 4.62. The molecule has 0 unspecified atom stereocenters. The number of rotatable bonds is 9. The van der Waals surface area contributed by atoms with Crippen LogP contribution in [0.1, 0.15) is 24.2 Å². The molecule has 7 nitrogen and oxygen atoms in total. The molecule has 1 aromatic carbocycles. The fourth-order valence-electron chi connectivity index (χ4n) is 2.82. The minimum absolute atomic E-state index is 0. The van der Waals surface area contributed by atoms with Gasteiger partial charge in [-0.3, -0.25) is 4.98 Å². The molecule has 0 bridgehead atoms. The Labute approximate surface area is 195 Å². The first kappa shape index (κ1) is 26.3. The molecule has 2 heterocycles. The number of pyridine rings is 1. The summed E-state index contributed by atoms with van der Waals surface area (Å²) in [4.78, 5) is 27.5. The van der Waals surface area contributed by atoms with E-state index >= 15 is 0 Å². The van der Waals surface area contributed by atoms with Crippen LogP contribution < -0.4 is 5.32 Å². The molecule has 0 saturated heterocycles. The Bertz CT molecular complexity index is 940. The van der Waals surface area contributed by atoms with E-state index < -0.39 is 0 Å². The van der Waals surface area contributed by atoms with E-state index in [2.05, 4.69) is 39.0 Å². The van der Waals surface area contributed by atoms with E-state index in [1.165, 1.54) is 0 Å². The van der Waals surface area contributed by atoms with Crippen molar-refractivity contribution >= 4 is 42.3 Å². The quantitative estimate of drug-likeness (QED) is 0.463. The van der Waals surface area contributed by atoms with Crippen LogP contribution in [0.25, 0.3) is 11.4 Å². The zero-order valence-corrected chi connectivity index (χ0v) is 19.2. The first-order chi connectivity index (χ1) is 14.2. The van der Waals surface area contributed by atoms with Gasteiger partial charge in [0.25, 0.3) is 0 Å². The number of hydrogen-bond donors (Lipinski definition) is 1. The molecule has 166 valence electrons. The first-order valence-electron chi connectivity index (χ1n) is 9.69. The van der Waals surface area contributed by atoms with Crippen molar-refractivity contribution in [1.29, 1.82) is 0 Å². The SMILES string of the molecule is CCN(CC)CCOC(=O)c1cccc(Nc2ccnc(-c3cccnc3)n2)c1.Cl.Cl. The van der Waals surface area contributed by atoms with Gasteiger partial charge in [0.1, 0.15) is 12.4 Å². The van der Waals surface area contributed by atoms with Crippen molar-refractivity contribution in [3.63, 3.8) is 0 Å². The molecule has 0 amide bonds. The van der Waals surface area contributed by atoms with E-state index in [4.69, 9.17) is 4.74 Å². The number of nitrogens with zero attached hydrogens (tertiary/aromatic N) is 4. The Morgan fingerprint density at radius 2 is 1.87 bits per heavy atom. The molecule has 0 saturated carbocycles. The average molecular weight is 464 g/mol. The number of benzene rings is 1. The predicted molar refractivity (Wildman–Crippen MR) is 128 cm³/mol. The number of nitrogens with one attached hydrogen (secondary N) is 1. The normalized spacial score (nSPS) is 10.0. The Kier molecular flexibility index (Phi) is 11.5. The molecule has 9 heteroatoms. The number of halogens is 2. The van der Waals surface area contributed by atoms with E-state index in [9.17, 15) is 4.79 Å². The molecule has 0 aliphatic carbocycles. The number of carbonyl (C=O) groups excluding carboxylic acids is 1. The number of carbonyl (C=O) groups is 1. The number of anilines is 2. The summed E-state index contributed by atoms with van der Waals surface area (Å²) >= 11 is 0. The second-order valence-electron chi connectivity index (χ2n) is 6.38. The first-order valence-corrected chi connectivity index (χ1v) is 9.69. The van der Waals surface area contributed by atoms with Crippen LogP contribution in [0.15, 0.2) is 61.1 Å². The van der Waals surface area contributed by atoms with E-state index in [0.717, 1.165) is 30.9 Å². The highest BCUT2D eigenvalue weighted by atomic mass is 35.5. The Hall–Kier alpha value is -2.74. The number of ether oxygens (including phenoxy) is 1. The molecule has 0 atom stereocenters. The van der Waals surface area contributed by atoms with Crippen LogP contribution in [0.3, 0.4) is 0 Å². The highest BCUT2D eigenvalue weighted by molar-refractivity contribution is 5.90. The van der Waals surface area contributed by atoms with Gasteiger partial charge in [0, 0.05) is 36.4 Å². The van der Waals surface area contributed by atoms with Crippen LogP contribution in [-0.2, 0) is 4.74 Å². The fourth-order valence-corrected chi connectivity index (χ4v) is 2.82. The topological polar surface area (TPSA) is 80.2 Å². The Morgan fingerprint density at radius 1 is 1.06 bits per heavy atom. The van der Waals surface area contributed by atoms with Crippen molar-refractivity contribution in [3.8, 4) is 11.4 Å². The van der Waals surface area contributed by atoms with Gasteiger partial charge in [-0.15, -0.1) is 24.8 Å². The maximum Gasteiger partial charge on any atom is 0.338 e. The van der Waals surface area contributed by atoms with Gasteiger partial charge in [0.05, 0.1) is 5.56 Å². The zero-order valence-electron chi connectivity index (χ0n) is 17.5. The lowest BCUT2D eigenvalue weighted by Gasteiger charge is -2.17. The van der Waals surface area contributed by atoms with Gasteiger partial charge in [-0.2, -0.15) is 0 Å². The third kappa shape index (κ3) is 7.79. The van der Waals surface area contributed by atoms with Gasteiger partial charge in [-0.1, -0.05) is 19.9 Å². The Balaban J connectivity index is 0.00000240. The summed E-state index contributed by atoms with van der Waals surface area (Å²) in [6.45, 7) is 7.16. The lowest BCUT2D eigenvalue weighted by Crippen LogP contribution is -2.27. The van der Waals surface area contributed by atoms with Crippen LogP contribution in [0, 0.1) is 0 Å². The standard InChI is InChI=1S/C22H25N5O2.2ClH/c1-3-27(4-2)13-14-29-22(28)17-7-5-9-19(15-17)25-20-10-12-24-21(26-20)18-8-6-11-23-16-18;;/h5-12,15-16H,3-4,13-14H2,1-2H3,(H,24,25,26);2*1H. The minimum atomic E-state index is -0.334. The van der Waals surface area contributed by atoms with E-state index in [0.29, 0.717) is 23.8 Å². The molecule has 2 aromatic heterocycles. The highest BCUT2D eigenvalue weighted by Crippen LogP contribution is 2.19. The largest absolute Gasteiger partial charge is 0.461 e. The molecule has 3 aromatic rings. The number of esters is 1. The van der Waals surface area contributed by atoms with Gasteiger partial charge in [-0.25, -0.2) is 14.8 Å². The third-order valence-corrected chi connectivity index (χ3v) is 4.48. The lowest BCUT2D eigenvalue weighted by atomic mass is 10.2. The van der Waals surface area contributed by atoms with Crippen molar-refractivity contribution in [3.05, 3.63) is 66.6 Å². The fraction of sp³-hybridized carbons (Fsp3) is 0.273. The van der Waals surface area contributed by atoms with Crippen LogP contribution in [0.5, 0.6) is 0 Å². The zero-order chi connectivity index (χ0) is 20.5. The van der Waals surface area contributed by atoms with E-state index in [1.807, 2.05) is 24.3 Å². The Morgan fingerprint density at radius 3 is 2.58 bits per heavy atom. The molecule has 0 radical (unpaired) electrons. The smallest absolute Gasteiger partial charge is 0.338 e.